The molecule has 2 fully saturated rings. The molecule has 8 nitrogen and oxygen atoms in total. The van der Waals surface area contributed by atoms with E-state index in [1.165, 1.54) is 0 Å². The minimum atomic E-state index is -0.352. The predicted octanol–water partition coefficient (Wildman–Crippen LogP) is 1.22. The summed E-state index contributed by atoms with van der Waals surface area (Å²) in [6.45, 7) is 1.00. The number of rotatable bonds is 5. The molecule has 2 N–H and O–H groups in total. The molecule has 26 heavy (non-hydrogen) atoms. The van der Waals surface area contributed by atoms with Crippen molar-refractivity contribution in [3.63, 3.8) is 0 Å². The van der Waals surface area contributed by atoms with Crippen molar-refractivity contribution in [2.45, 2.75) is 44.3 Å². The molecule has 2 aromatic heterocycles. The average molecular weight is 354 g/mol. The topological polar surface area (TPSA) is 92.2 Å². The van der Waals surface area contributed by atoms with Gasteiger partial charge < -0.3 is 15.5 Å². The van der Waals surface area contributed by atoms with Crippen LogP contribution in [0.15, 0.2) is 37.1 Å². The molecular formula is C18H22N6O2. The van der Waals surface area contributed by atoms with Crippen LogP contribution in [0.2, 0.25) is 0 Å². The number of nitrogens with zero attached hydrogens (tertiary/aromatic N) is 4. The van der Waals surface area contributed by atoms with E-state index < -0.39 is 0 Å². The first-order valence-corrected chi connectivity index (χ1v) is 8.99. The third kappa shape index (κ3) is 3.68. The van der Waals surface area contributed by atoms with Crippen LogP contribution in [0, 0.1) is 0 Å². The van der Waals surface area contributed by atoms with Gasteiger partial charge in [-0.15, -0.1) is 0 Å². The van der Waals surface area contributed by atoms with Crippen molar-refractivity contribution in [2.24, 2.45) is 0 Å². The van der Waals surface area contributed by atoms with E-state index in [4.69, 9.17) is 0 Å². The van der Waals surface area contributed by atoms with Gasteiger partial charge in [-0.2, -0.15) is 0 Å². The Morgan fingerprint density at radius 2 is 2.12 bits per heavy atom. The van der Waals surface area contributed by atoms with E-state index in [0.29, 0.717) is 19.1 Å². The predicted molar refractivity (Wildman–Crippen MR) is 94.5 cm³/mol. The molecule has 0 spiro atoms. The van der Waals surface area contributed by atoms with Crippen molar-refractivity contribution in [3.8, 4) is 5.82 Å². The molecule has 3 amide bonds. The highest BCUT2D eigenvalue weighted by atomic mass is 16.2. The van der Waals surface area contributed by atoms with Gasteiger partial charge in [-0.1, -0.05) is 0 Å². The molecule has 1 aliphatic heterocycles. The number of carbonyl (C=O) groups is 2. The molecule has 4 rings (SSSR count). The van der Waals surface area contributed by atoms with Gasteiger partial charge in [0.1, 0.15) is 18.2 Å². The molecule has 2 aromatic rings. The number of hydrogen-bond acceptors (Lipinski definition) is 4. The maximum Gasteiger partial charge on any atom is 0.318 e. The Morgan fingerprint density at radius 3 is 2.88 bits per heavy atom. The summed E-state index contributed by atoms with van der Waals surface area (Å²) in [6, 6.07) is 3.53. The zero-order valence-corrected chi connectivity index (χ0v) is 14.5. The molecule has 8 heteroatoms. The molecule has 1 saturated carbocycles. The number of imidazole rings is 1. The van der Waals surface area contributed by atoms with Crippen molar-refractivity contribution in [1.82, 2.24) is 30.1 Å². The fourth-order valence-electron chi connectivity index (χ4n) is 3.19. The summed E-state index contributed by atoms with van der Waals surface area (Å²) in [5.41, 5.74) is 0.940. The molecule has 136 valence electrons. The van der Waals surface area contributed by atoms with Gasteiger partial charge in [-0.25, -0.2) is 14.8 Å². The second kappa shape index (κ2) is 7.15. The lowest BCUT2D eigenvalue weighted by Gasteiger charge is -2.24. The van der Waals surface area contributed by atoms with Crippen molar-refractivity contribution in [2.75, 3.05) is 6.54 Å². The van der Waals surface area contributed by atoms with E-state index in [0.717, 1.165) is 37.1 Å². The SMILES string of the molecule is O=C(NC1CC1)C1CCCN1C(=O)NCc1ccnc(-n2ccnc2)c1. The number of aromatic nitrogens is 3. The molecule has 1 aliphatic carbocycles. The maximum absolute atomic E-state index is 12.6. The molecule has 0 aromatic carbocycles. The standard InChI is InChI=1S/C18H22N6O2/c25-17(22-14-3-4-14)15-2-1-8-24(15)18(26)21-11-13-5-6-20-16(10-13)23-9-7-19-12-23/h5-7,9-10,12,14-15H,1-4,8,11H2,(H,21,26)(H,22,25). The number of pyridine rings is 1. The lowest BCUT2D eigenvalue weighted by atomic mass is 10.2. The summed E-state index contributed by atoms with van der Waals surface area (Å²) in [7, 11) is 0. The zero-order chi connectivity index (χ0) is 17.9. The molecule has 3 heterocycles. The number of amides is 3. The highest BCUT2D eigenvalue weighted by Crippen LogP contribution is 2.22. The first kappa shape index (κ1) is 16.6. The van der Waals surface area contributed by atoms with Gasteiger partial charge in [0.15, 0.2) is 0 Å². The van der Waals surface area contributed by atoms with Crippen LogP contribution in [0.1, 0.15) is 31.2 Å². The van der Waals surface area contributed by atoms with Gasteiger partial charge in [0.25, 0.3) is 0 Å². The molecule has 1 unspecified atom stereocenters. The van der Waals surface area contributed by atoms with Crippen LogP contribution in [0.5, 0.6) is 0 Å². The van der Waals surface area contributed by atoms with E-state index in [2.05, 4.69) is 20.6 Å². The Morgan fingerprint density at radius 1 is 1.23 bits per heavy atom. The number of hydrogen-bond donors (Lipinski definition) is 2. The summed E-state index contributed by atoms with van der Waals surface area (Å²) in [4.78, 5) is 34.8. The number of nitrogens with one attached hydrogen (secondary N) is 2. The van der Waals surface area contributed by atoms with E-state index in [-0.39, 0.29) is 18.0 Å². The monoisotopic (exact) mass is 354 g/mol. The Labute approximate surface area is 151 Å². The Balaban J connectivity index is 1.36. The molecular weight excluding hydrogens is 332 g/mol. The largest absolute Gasteiger partial charge is 0.352 e. The molecule has 2 aliphatic rings. The summed E-state index contributed by atoms with van der Waals surface area (Å²) < 4.78 is 1.81. The highest BCUT2D eigenvalue weighted by molar-refractivity contribution is 5.88. The Kier molecular flexibility index (Phi) is 4.55. The highest BCUT2D eigenvalue weighted by Gasteiger charge is 2.36. The molecule has 0 radical (unpaired) electrons. The number of urea groups is 1. The normalized spacial score (nSPS) is 19.4. The number of likely N-dealkylation sites (tertiary alicyclic amines) is 1. The second-order valence-electron chi connectivity index (χ2n) is 6.79. The van der Waals surface area contributed by atoms with Crippen LogP contribution >= 0.6 is 0 Å². The van der Waals surface area contributed by atoms with Gasteiger partial charge in [-0.3, -0.25) is 9.36 Å². The Bertz CT molecular complexity index is 787. The van der Waals surface area contributed by atoms with Gasteiger partial charge >= 0.3 is 6.03 Å². The third-order valence-corrected chi connectivity index (χ3v) is 4.76. The fraction of sp³-hybridized carbons (Fsp3) is 0.444. The van der Waals surface area contributed by atoms with Crippen molar-refractivity contribution in [1.29, 1.82) is 0 Å². The first-order valence-electron chi connectivity index (χ1n) is 8.99. The maximum atomic E-state index is 12.6. The summed E-state index contributed by atoms with van der Waals surface area (Å²) in [5.74, 6) is 0.726. The van der Waals surface area contributed by atoms with Crippen molar-refractivity contribution >= 4 is 11.9 Å². The van der Waals surface area contributed by atoms with Crippen LogP contribution in [-0.4, -0.2) is 50.0 Å². The fourth-order valence-corrected chi connectivity index (χ4v) is 3.19. The number of carbonyl (C=O) groups excluding carboxylic acids is 2. The lowest BCUT2D eigenvalue weighted by molar-refractivity contribution is -0.124. The van der Waals surface area contributed by atoms with Crippen LogP contribution < -0.4 is 10.6 Å². The van der Waals surface area contributed by atoms with Crippen LogP contribution in [0.4, 0.5) is 4.79 Å². The van der Waals surface area contributed by atoms with Gasteiger partial charge in [-0.05, 0) is 43.4 Å². The zero-order valence-electron chi connectivity index (χ0n) is 14.5. The third-order valence-electron chi connectivity index (χ3n) is 4.76. The quantitative estimate of drug-likeness (QED) is 0.844. The van der Waals surface area contributed by atoms with Gasteiger partial charge in [0.2, 0.25) is 5.91 Å². The van der Waals surface area contributed by atoms with Crippen molar-refractivity contribution in [3.05, 3.63) is 42.6 Å². The molecule has 1 atom stereocenters. The molecule has 0 bridgehead atoms. The van der Waals surface area contributed by atoms with Crippen LogP contribution in [0.25, 0.3) is 5.82 Å². The minimum Gasteiger partial charge on any atom is -0.352 e. The van der Waals surface area contributed by atoms with Crippen molar-refractivity contribution < 1.29 is 9.59 Å². The lowest BCUT2D eigenvalue weighted by Crippen LogP contribution is -2.49. The summed E-state index contributed by atoms with van der Waals surface area (Å²) in [6.07, 6.45) is 10.6. The van der Waals surface area contributed by atoms with E-state index in [9.17, 15) is 9.59 Å². The smallest absolute Gasteiger partial charge is 0.318 e. The summed E-state index contributed by atoms with van der Waals surface area (Å²) in [5, 5.41) is 5.92. The van der Waals surface area contributed by atoms with Gasteiger partial charge in [0.05, 0.1) is 0 Å². The van der Waals surface area contributed by atoms with Crippen LogP contribution in [-0.2, 0) is 11.3 Å². The average Bonchev–Trinajstić information content (AvgIpc) is 3.15. The first-order chi connectivity index (χ1) is 12.7. The second-order valence-corrected chi connectivity index (χ2v) is 6.79. The Hall–Kier alpha value is -2.90. The van der Waals surface area contributed by atoms with E-state index in [1.807, 2.05) is 22.9 Å². The van der Waals surface area contributed by atoms with Crippen LogP contribution in [0.3, 0.4) is 0 Å². The summed E-state index contributed by atoms with van der Waals surface area (Å²) >= 11 is 0. The van der Waals surface area contributed by atoms with Gasteiger partial charge in [0, 0.05) is 37.7 Å². The minimum absolute atomic E-state index is 0.0218. The van der Waals surface area contributed by atoms with E-state index in [1.54, 1.807) is 23.6 Å². The van der Waals surface area contributed by atoms with E-state index >= 15 is 0 Å². The molecule has 1 saturated heterocycles.